The van der Waals surface area contributed by atoms with E-state index in [1.807, 2.05) is 13.8 Å². The second kappa shape index (κ2) is 5.90. The Balaban J connectivity index is 2.74. The SMILES string of the molecule is Cc1cc(OC(C)C)nc(NCC(F)(F)CN)n1. The quantitative estimate of drug-likeness (QED) is 0.812. The summed E-state index contributed by atoms with van der Waals surface area (Å²) in [7, 11) is 0. The number of nitrogens with zero attached hydrogens (tertiary/aromatic N) is 2. The van der Waals surface area contributed by atoms with Gasteiger partial charge in [0.15, 0.2) is 0 Å². The Morgan fingerprint density at radius 2 is 2.11 bits per heavy atom. The van der Waals surface area contributed by atoms with Gasteiger partial charge in [-0.25, -0.2) is 13.8 Å². The third-order valence-electron chi connectivity index (χ3n) is 1.99. The summed E-state index contributed by atoms with van der Waals surface area (Å²) in [5.41, 5.74) is 5.58. The number of hydrogen-bond donors (Lipinski definition) is 2. The molecule has 0 spiro atoms. The highest BCUT2D eigenvalue weighted by Gasteiger charge is 2.26. The molecule has 0 aromatic carbocycles. The number of nitrogens with one attached hydrogen (secondary N) is 1. The van der Waals surface area contributed by atoms with Gasteiger partial charge in [-0.2, -0.15) is 4.98 Å². The standard InChI is InChI=1S/C11H18F2N4O/c1-7(2)18-9-4-8(3)16-10(17-9)15-6-11(12,13)5-14/h4,7H,5-6,14H2,1-3H3,(H,15,16,17). The maximum atomic E-state index is 13.0. The summed E-state index contributed by atoms with van der Waals surface area (Å²) in [6.45, 7) is 4.12. The molecule has 0 aliphatic heterocycles. The Kier molecular flexibility index (Phi) is 4.77. The minimum absolute atomic E-state index is 0.0439. The van der Waals surface area contributed by atoms with Crippen LogP contribution in [0, 0.1) is 6.92 Å². The predicted octanol–water partition coefficient (Wildman–Crippen LogP) is 1.58. The second-order valence-corrected chi connectivity index (χ2v) is 4.25. The van der Waals surface area contributed by atoms with Gasteiger partial charge in [0.2, 0.25) is 11.8 Å². The number of halogens is 2. The van der Waals surface area contributed by atoms with Gasteiger partial charge in [0, 0.05) is 11.8 Å². The summed E-state index contributed by atoms with van der Waals surface area (Å²) >= 11 is 0. The van der Waals surface area contributed by atoms with Gasteiger partial charge in [0.05, 0.1) is 19.2 Å². The number of ether oxygens (including phenoxy) is 1. The molecule has 0 fully saturated rings. The lowest BCUT2D eigenvalue weighted by molar-refractivity contribution is 0.0252. The largest absolute Gasteiger partial charge is 0.475 e. The second-order valence-electron chi connectivity index (χ2n) is 4.25. The van der Waals surface area contributed by atoms with Gasteiger partial charge in [-0.15, -0.1) is 0 Å². The maximum absolute atomic E-state index is 13.0. The van der Waals surface area contributed by atoms with E-state index < -0.39 is 19.0 Å². The van der Waals surface area contributed by atoms with E-state index in [9.17, 15) is 8.78 Å². The fourth-order valence-corrected chi connectivity index (χ4v) is 1.20. The van der Waals surface area contributed by atoms with Gasteiger partial charge in [-0.1, -0.05) is 0 Å². The zero-order valence-corrected chi connectivity index (χ0v) is 10.7. The number of rotatable bonds is 6. The first-order valence-electron chi connectivity index (χ1n) is 5.66. The Bertz CT molecular complexity index is 399. The average Bonchev–Trinajstić information content (AvgIpc) is 2.25. The highest BCUT2D eigenvalue weighted by Crippen LogP contribution is 2.16. The Morgan fingerprint density at radius 3 is 2.67 bits per heavy atom. The monoisotopic (exact) mass is 260 g/mol. The number of hydrogen-bond acceptors (Lipinski definition) is 5. The van der Waals surface area contributed by atoms with Crippen LogP contribution in [0.3, 0.4) is 0 Å². The highest BCUT2D eigenvalue weighted by molar-refractivity contribution is 5.31. The molecule has 1 heterocycles. The molecule has 1 aromatic rings. The molecule has 0 bridgehead atoms. The minimum atomic E-state index is -2.98. The van der Waals surface area contributed by atoms with Gasteiger partial charge < -0.3 is 15.8 Å². The summed E-state index contributed by atoms with van der Waals surface area (Å²) in [4.78, 5) is 7.99. The number of aromatic nitrogens is 2. The first kappa shape index (κ1) is 14.6. The van der Waals surface area contributed by atoms with Crippen molar-refractivity contribution in [1.82, 2.24) is 9.97 Å². The van der Waals surface area contributed by atoms with Crippen molar-refractivity contribution in [2.75, 3.05) is 18.4 Å². The number of aryl methyl sites for hydroxylation is 1. The van der Waals surface area contributed by atoms with Crippen LogP contribution in [0.15, 0.2) is 6.07 Å². The lowest BCUT2D eigenvalue weighted by Gasteiger charge is -2.15. The van der Waals surface area contributed by atoms with Gasteiger partial charge in [0.25, 0.3) is 5.92 Å². The van der Waals surface area contributed by atoms with Crippen LogP contribution in [0.5, 0.6) is 5.88 Å². The molecule has 0 saturated carbocycles. The van der Waals surface area contributed by atoms with Crippen molar-refractivity contribution in [3.05, 3.63) is 11.8 Å². The van der Waals surface area contributed by atoms with Crippen molar-refractivity contribution >= 4 is 5.95 Å². The Hall–Kier alpha value is -1.50. The van der Waals surface area contributed by atoms with Gasteiger partial charge in [-0.3, -0.25) is 0 Å². The van der Waals surface area contributed by atoms with Crippen LogP contribution in [0.1, 0.15) is 19.5 Å². The smallest absolute Gasteiger partial charge is 0.277 e. The first-order chi connectivity index (χ1) is 8.32. The van der Waals surface area contributed by atoms with E-state index in [-0.39, 0.29) is 12.1 Å². The fourth-order valence-electron chi connectivity index (χ4n) is 1.20. The molecule has 1 rings (SSSR count). The molecule has 7 heteroatoms. The van der Waals surface area contributed by atoms with Crippen molar-refractivity contribution in [2.24, 2.45) is 5.73 Å². The Morgan fingerprint density at radius 1 is 1.44 bits per heavy atom. The summed E-state index contributed by atoms with van der Waals surface area (Å²) in [5, 5.41) is 2.46. The average molecular weight is 260 g/mol. The minimum Gasteiger partial charge on any atom is -0.475 e. The van der Waals surface area contributed by atoms with E-state index in [4.69, 9.17) is 10.5 Å². The molecule has 0 radical (unpaired) electrons. The lowest BCUT2D eigenvalue weighted by Crippen LogP contribution is -2.35. The van der Waals surface area contributed by atoms with Crippen LogP contribution in [-0.2, 0) is 0 Å². The molecule has 0 unspecified atom stereocenters. The van der Waals surface area contributed by atoms with Crippen LogP contribution in [-0.4, -0.2) is 35.1 Å². The van der Waals surface area contributed by atoms with Gasteiger partial charge >= 0.3 is 0 Å². The molecule has 0 aliphatic rings. The van der Waals surface area contributed by atoms with E-state index >= 15 is 0 Å². The molecular formula is C11H18F2N4O. The van der Waals surface area contributed by atoms with Gasteiger partial charge in [0.1, 0.15) is 0 Å². The van der Waals surface area contributed by atoms with Crippen LogP contribution in [0.4, 0.5) is 14.7 Å². The molecule has 102 valence electrons. The zero-order valence-electron chi connectivity index (χ0n) is 10.7. The third kappa shape index (κ3) is 4.79. The predicted molar refractivity (Wildman–Crippen MR) is 65.0 cm³/mol. The summed E-state index contributed by atoms with van der Waals surface area (Å²) in [5.74, 6) is -2.51. The molecule has 0 aliphatic carbocycles. The fraction of sp³-hybridized carbons (Fsp3) is 0.636. The van der Waals surface area contributed by atoms with Crippen molar-refractivity contribution < 1.29 is 13.5 Å². The summed E-state index contributed by atoms with van der Waals surface area (Å²) in [6.07, 6.45) is -0.0439. The molecule has 0 amide bonds. The number of anilines is 1. The molecule has 3 N–H and O–H groups in total. The van der Waals surface area contributed by atoms with E-state index in [2.05, 4.69) is 15.3 Å². The van der Waals surface area contributed by atoms with Crippen LogP contribution >= 0.6 is 0 Å². The summed E-state index contributed by atoms with van der Waals surface area (Å²) < 4.78 is 31.3. The number of alkyl halides is 2. The van der Waals surface area contributed by atoms with Crippen molar-refractivity contribution in [3.8, 4) is 5.88 Å². The molecule has 1 aromatic heterocycles. The van der Waals surface area contributed by atoms with Gasteiger partial charge in [-0.05, 0) is 20.8 Å². The van der Waals surface area contributed by atoms with Crippen LogP contribution in [0.25, 0.3) is 0 Å². The molecule has 0 saturated heterocycles. The van der Waals surface area contributed by atoms with Crippen molar-refractivity contribution in [2.45, 2.75) is 32.8 Å². The summed E-state index contributed by atoms with van der Waals surface area (Å²) in [6, 6.07) is 1.65. The zero-order chi connectivity index (χ0) is 13.8. The highest BCUT2D eigenvalue weighted by atomic mass is 19.3. The van der Waals surface area contributed by atoms with E-state index in [0.717, 1.165) is 0 Å². The van der Waals surface area contributed by atoms with Crippen LogP contribution in [0.2, 0.25) is 0 Å². The van der Waals surface area contributed by atoms with Crippen LogP contribution < -0.4 is 15.8 Å². The molecule has 5 nitrogen and oxygen atoms in total. The lowest BCUT2D eigenvalue weighted by atomic mass is 10.3. The Labute approximate surface area is 105 Å². The first-order valence-corrected chi connectivity index (χ1v) is 5.66. The van der Waals surface area contributed by atoms with E-state index in [1.165, 1.54) is 0 Å². The molecular weight excluding hydrogens is 242 g/mol. The third-order valence-corrected chi connectivity index (χ3v) is 1.99. The maximum Gasteiger partial charge on any atom is 0.277 e. The van der Waals surface area contributed by atoms with E-state index in [0.29, 0.717) is 11.6 Å². The number of nitrogens with two attached hydrogens (primary N) is 1. The molecule has 0 atom stereocenters. The van der Waals surface area contributed by atoms with Crippen molar-refractivity contribution in [1.29, 1.82) is 0 Å². The van der Waals surface area contributed by atoms with E-state index in [1.54, 1.807) is 13.0 Å². The molecule has 18 heavy (non-hydrogen) atoms. The topological polar surface area (TPSA) is 73.1 Å². The van der Waals surface area contributed by atoms with Crippen molar-refractivity contribution in [3.63, 3.8) is 0 Å². The normalized spacial score (nSPS) is 11.7.